The molecule has 2 rings (SSSR count). The normalized spacial score (nSPS) is 18.3. The van der Waals surface area contributed by atoms with E-state index >= 15 is 0 Å². The third-order valence-electron chi connectivity index (χ3n) is 3.38. The molecule has 1 N–H and O–H groups in total. The van der Waals surface area contributed by atoms with Crippen molar-refractivity contribution in [2.24, 2.45) is 5.41 Å². The highest BCUT2D eigenvalue weighted by molar-refractivity contribution is 5.99. The standard InChI is InChI=1S/C15H19NO3/c1-15(2,3)14(19)16-9-10(8-13(17)18)11-6-4-5-7-12(11)16/h4-7,10H,8-9H2,1-3H3,(H,17,18). The van der Waals surface area contributed by atoms with Crippen molar-refractivity contribution in [2.75, 3.05) is 11.4 Å². The molecule has 1 heterocycles. The maximum atomic E-state index is 12.4. The lowest BCUT2D eigenvalue weighted by Gasteiger charge is -2.26. The molecule has 1 aliphatic rings. The highest BCUT2D eigenvalue weighted by atomic mass is 16.4. The van der Waals surface area contributed by atoms with Gasteiger partial charge in [0.1, 0.15) is 0 Å². The van der Waals surface area contributed by atoms with Gasteiger partial charge < -0.3 is 10.0 Å². The first-order valence-corrected chi connectivity index (χ1v) is 6.43. The van der Waals surface area contributed by atoms with Gasteiger partial charge in [-0.05, 0) is 11.6 Å². The molecule has 0 aliphatic carbocycles. The molecule has 1 aromatic rings. The first-order chi connectivity index (χ1) is 8.80. The van der Waals surface area contributed by atoms with E-state index in [1.807, 2.05) is 45.0 Å². The van der Waals surface area contributed by atoms with Gasteiger partial charge in [0.25, 0.3) is 0 Å². The van der Waals surface area contributed by atoms with Crippen LogP contribution in [0.1, 0.15) is 38.7 Å². The van der Waals surface area contributed by atoms with Gasteiger partial charge in [-0.25, -0.2) is 0 Å². The summed E-state index contributed by atoms with van der Waals surface area (Å²) >= 11 is 0. The molecule has 19 heavy (non-hydrogen) atoms. The molecule has 0 radical (unpaired) electrons. The van der Waals surface area contributed by atoms with Gasteiger partial charge in [0.15, 0.2) is 0 Å². The third-order valence-corrected chi connectivity index (χ3v) is 3.38. The Balaban J connectivity index is 2.35. The molecule has 0 saturated heterocycles. The van der Waals surface area contributed by atoms with Crippen molar-refractivity contribution >= 4 is 17.6 Å². The highest BCUT2D eigenvalue weighted by Gasteiger charge is 2.37. The lowest BCUT2D eigenvalue weighted by molar-refractivity contribution is -0.137. The molecular weight excluding hydrogens is 242 g/mol. The minimum atomic E-state index is -0.829. The fraction of sp³-hybridized carbons (Fsp3) is 0.467. The second kappa shape index (κ2) is 4.68. The summed E-state index contributed by atoms with van der Waals surface area (Å²) in [5, 5.41) is 8.98. The molecule has 102 valence electrons. The van der Waals surface area contributed by atoms with Crippen molar-refractivity contribution in [1.29, 1.82) is 0 Å². The van der Waals surface area contributed by atoms with E-state index in [1.54, 1.807) is 4.90 Å². The third kappa shape index (κ3) is 2.62. The largest absolute Gasteiger partial charge is 0.481 e. The van der Waals surface area contributed by atoms with E-state index in [2.05, 4.69) is 0 Å². The lowest BCUT2D eigenvalue weighted by Crippen LogP contribution is -2.39. The summed E-state index contributed by atoms with van der Waals surface area (Å²) in [4.78, 5) is 25.1. The molecule has 0 spiro atoms. The summed E-state index contributed by atoms with van der Waals surface area (Å²) in [6, 6.07) is 7.57. The molecule has 0 fully saturated rings. The summed E-state index contributed by atoms with van der Waals surface area (Å²) in [6.45, 7) is 6.09. The number of carboxylic acids is 1. The fourth-order valence-corrected chi connectivity index (χ4v) is 2.48. The number of benzene rings is 1. The van der Waals surface area contributed by atoms with Crippen molar-refractivity contribution in [3.63, 3.8) is 0 Å². The molecule has 0 bridgehead atoms. The number of hydrogen-bond donors (Lipinski definition) is 1. The zero-order valence-electron chi connectivity index (χ0n) is 11.5. The van der Waals surface area contributed by atoms with Crippen molar-refractivity contribution in [1.82, 2.24) is 0 Å². The van der Waals surface area contributed by atoms with Crippen molar-refractivity contribution in [2.45, 2.75) is 33.1 Å². The number of para-hydroxylation sites is 1. The number of fused-ring (bicyclic) bond motifs is 1. The van der Waals surface area contributed by atoms with Gasteiger partial charge in [0.2, 0.25) is 5.91 Å². The number of nitrogens with zero attached hydrogens (tertiary/aromatic N) is 1. The molecular formula is C15H19NO3. The number of amides is 1. The number of hydrogen-bond acceptors (Lipinski definition) is 2. The van der Waals surface area contributed by atoms with E-state index in [9.17, 15) is 9.59 Å². The predicted octanol–water partition coefficient (Wildman–Crippen LogP) is 2.64. The van der Waals surface area contributed by atoms with Crippen LogP contribution in [0.15, 0.2) is 24.3 Å². The van der Waals surface area contributed by atoms with Crippen molar-refractivity contribution in [3.05, 3.63) is 29.8 Å². The number of aliphatic carboxylic acids is 1. The van der Waals surface area contributed by atoms with Crippen LogP contribution in [0, 0.1) is 5.41 Å². The van der Waals surface area contributed by atoms with E-state index in [4.69, 9.17) is 5.11 Å². The molecule has 1 unspecified atom stereocenters. The zero-order valence-corrected chi connectivity index (χ0v) is 11.5. The van der Waals surface area contributed by atoms with Crippen LogP contribution in [-0.4, -0.2) is 23.5 Å². The average molecular weight is 261 g/mol. The van der Waals surface area contributed by atoms with Crippen LogP contribution >= 0.6 is 0 Å². The smallest absolute Gasteiger partial charge is 0.304 e. The van der Waals surface area contributed by atoms with Gasteiger partial charge >= 0.3 is 5.97 Å². The van der Waals surface area contributed by atoms with Crippen molar-refractivity contribution in [3.8, 4) is 0 Å². The van der Waals surface area contributed by atoms with Crippen molar-refractivity contribution < 1.29 is 14.7 Å². The van der Waals surface area contributed by atoms with E-state index in [0.717, 1.165) is 11.3 Å². The Morgan fingerprint density at radius 1 is 1.32 bits per heavy atom. The number of rotatable bonds is 2. The van der Waals surface area contributed by atoms with E-state index in [-0.39, 0.29) is 18.2 Å². The molecule has 1 amide bonds. The van der Waals surface area contributed by atoms with E-state index in [1.165, 1.54) is 0 Å². The SMILES string of the molecule is CC(C)(C)C(=O)N1CC(CC(=O)O)c2ccccc21. The monoisotopic (exact) mass is 261 g/mol. The van der Waals surface area contributed by atoms with Crippen LogP contribution in [0.2, 0.25) is 0 Å². The molecule has 1 aromatic carbocycles. The first kappa shape index (κ1) is 13.6. The minimum Gasteiger partial charge on any atom is -0.481 e. The van der Waals surface area contributed by atoms with Crippen LogP contribution in [0.4, 0.5) is 5.69 Å². The zero-order chi connectivity index (χ0) is 14.2. The fourth-order valence-electron chi connectivity index (χ4n) is 2.48. The molecule has 4 nitrogen and oxygen atoms in total. The Hall–Kier alpha value is -1.84. The van der Waals surface area contributed by atoms with Gasteiger partial charge in [-0.15, -0.1) is 0 Å². The highest BCUT2D eigenvalue weighted by Crippen LogP contribution is 2.39. The van der Waals surface area contributed by atoms with Crippen LogP contribution < -0.4 is 4.90 Å². The Labute approximate surface area is 113 Å². The maximum absolute atomic E-state index is 12.4. The first-order valence-electron chi connectivity index (χ1n) is 6.43. The Morgan fingerprint density at radius 2 is 1.95 bits per heavy atom. The Bertz CT molecular complexity index is 516. The molecule has 0 aromatic heterocycles. The summed E-state index contributed by atoms with van der Waals surface area (Å²) in [6.07, 6.45) is 0.0605. The number of carbonyl (C=O) groups is 2. The molecule has 0 saturated carbocycles. The maximum Gasteiger partial charge on any atom is 0.304 e. The molecule has 4 heteroatoms. The van der Waals surface area contributed by atoms with Gasteiger partial charge in [-0.1, -0.05) is 39.0 Å². The number of anilines is 1. The quantitative estimate of drug-likeness (QED) is 0.890. The van der Waals surface area contributed by atoms with Gasteiger partial charge in [-0.2, -0.15) is 0 Å². The van der Waals surface area contributed by atoms with E-state index < -0.39 is 11.4 Å². The second-order valence-electron chi connectivity index (χ2n) is 6.02. The van der Waals surface area contributed by atoms with Crippen LogP contribution in [0.3, 0.4) is 0 Å². The minimum absolute atomic E-state index is 0.0350. The Morgan fingerprint density at radius 3 is 2.53 bits per heavy atom. The van der Waals surface area contributed by atoms with Crippen LogP contribution in [-0.2, 0) is 9.59 Å². The summed E-state index contributed by atoms with van der Waals surface area (Å²) < 4.78 is 0. The van der Waals surface area contributed by atoms with Crippen LogP contribution in [0.5, 0.6) is 0 Å². The topological polar surface area (TPSA) is 57.6 Å². The lowest BCUT2D eigenvalue weighted by atomic mass is 9.94. The number of carbonyl (C=O) groups excluding carboxylic acids is 1. The second-order valence-corrected chi connectivity index (χ2v) is 6.02. The molecule has 1 atom stereocenters. The summed E-state index contributed by atoms with van der Waals surface area (Å²) in [7, 11) is 0. The summed E-state index contributed by atoms with van der Waals surface area (Å²) in [5.41, 5.74) is 1.35. The predicted molar refractivity (Wildman–Crippen MR) is 73.2 cm³/mol. The van der Waals surface area contributed by atoms with Gasteiger partial charge in [-0.3, -0.25) is 9.59 Å². The summed E-state index contributed by atoms with van der Waals surface area (Å²) in [5.74, 6) is -0.905. The molecule has 1 aliphatic heterocycles. The van der Waals surface area contributed by atoms with Crippen LogP contribution in [0.25, 0.3) is 0 Å². The van der Waals surface area contributed by atoms with Gasteiger partial charge in [0.05, 0.1) is 6.42 Å². The van der Waals surface area contributed by atoms with Gasteiger partial charge in [0, 0.05) is 23.6 Å². The average Bonchev–Trinajstić information content (AvgIpc) is 2.65. The Kier molecular flexibility index (Phi) is 3.35. The number of carboxylic acid groups (broad SMARTS) is 1. The van der Waals surface area contributed by atoms with E-state index in [0.29, 0.717) is 6.54 Å².